The van der Waals surface area contributed by atoms with E-state index in [4.69, 9.17) is 9.97 Å². The fourth-order valence-electron chi connectivity index (χ4n) is 8.50. The van der Waals surface area contributed by atoms with Crippen LogP contribution in [0, 0.1) is 23.6 Å². The number of benzene rings is 1. The van der Waals surface area contributed by atoms with E-state index in [1.165, 1.54) is 12.8 Å². The Morgan fingerprint density at radius 2 is 1.94 bits per heavy atom. The SMILES string of the molecule is CC[C@H](C1CCC(C(=O)O)CC1)N(C)c1nc2c(c(N[C@@H](CN3CCC[C@H](C)C3)c3cnn(C)c3)n1)C[C@@H](c1ccccc1F)CC2. The highest BCUT2D eigenvalue weighted by molar-refractivity contribution is 5.70. The summed E-state index contributed by atoms with van der Waals surface area (Å²) in [6, 6.07) is 7.36. The summed E-state index contributed by atoms with van der Waals surface area (Å²) < 4.78 is 16.9. The molecule has 254 valence electrons. The van der Waals surface area contributed by atoms with Crippen LogP contribution in [0.15, 0.2) is 36.7 Å². The standard InChI is InChI=1S/C37H52FN7O2/c1-5-34(25-12-14-26(15-13-25)36(46)47)44(4)37-41-32-17-16-27(29-10-6-7-11-31(29)38)19-30(32)35(42-37)40-33(28-20-39-43(3)22-28)23-45-18-8-9-24(2)21-45/h6-7,10-11,20,22,24-27,33-34H,5,8-9,12-19,21,23H2,1-4H3,(H,46,47)(H,40,41,42)/t24-,25?,26?,27-,33-,34+/m0/s1. The fraction of sp³-hybridized carbons (Fsp3) is 0.622. The molecule has 0 bridgehead atoms. The number of anilines is 2. The number of rotatable bonds is 11. The lowest BCUT2D eigenvalue weighted by Crippen LogP contribution is -2.41. The molecule has 47 heavy (non-hydrogen) atoms. The monoisotopic (exact) mass is 645 g/mol. The summed E-state index contributed by atoms with van der Waals surface area (Å²) in [7, 11) is 4.05. The van der Waals surface area contributed by atoms with Gasteiger partial charge in [0.25, 0.3) is 0 Å². The Kier molecular flexibility index (Phi) is 10.4. The summed E-state index contributed by atoms with van der Waals surface area (Å²) in [4.78, 5) is 26.9. The summed E-state index contributed by atoms with van der Waals surface area (Å²) in [5, 5.41) is 18.0. The van der Waals surface area contributed by atoms with Crippen LogP contribution in [0.1, 0.15) is 99.6 Å². The molecular weight excluding hydrogens is 593 g/mol. The number of aliphatic carboxylic acids is 1. The maximum absolute atomic E-state index is 15.0. The minimum absolute atomic E-state index is 0.0201. The molecule has 1 aromatic carbocycles. The van der Waals surface area contributed by atoms with Gasteiger partial charge in [0.05, 0.1) is 23.9 Å². The van der Waals surface area contributed by atoms with E-state index in [0.717, 1.165) is 92.8 Å². The molecule has 2 N–H and O–H groups in total. The molecule has 6 rings (SSSR count). The maximum Gasteiger partial charge on any atom is 0.306 e. The van der Waals surface area contributed by atoms with E-state index >= 15 is 4.39 Å². The predicted molar refractivity (Wildman–Crippen MR) is 183 cm³/mol. The Hall–Kier alpha value is -3.53. The summed E-state index contributed by atoms with van der Waals surface area (Å²) in [5.74, 6) is 1.61. The highest BCUT2D eigenvalue weighted by atomic mass is 19.1. The van der Waals surface area contributed by atoms with Crippen LogP contribution in [0.25, 0.3) is 0 Å². The summed E-state index contributed by atoms with van der Waals surface area (Å²) in [6.45, 7) is 7.55. The number of hydrogen-bond donors (Lipinski definition) is 2. The molecule has 2 fully saturated rings. The van der Waals surface area contributed by atoms with E-state index in [2.05, 4.69) is 47.3 Å². The third-order valence-electron chi connectivity index (χ3n) is 11.1. The third-order valence-corrected chi connectivity index (χ3v) is 11.1. The molecule has 0 spiro atoms. The summed E-state index contributed by atoms with van der Waals surface area (Å²) in [5.41, 5.74) is 4.01. The minimum Gasteiger partial charge on any atom is -0.481 e. The smallest absolute Gasteiger partial charge is 0.306 e. The number of carboxylic acids is 1. The first-order valence-electron chi connectivity index (χ1n) is 17.8. The van der Waals surface area contributed by atoms with Gasteiger partial charge in [-0.3, -0.25) is 9.48 Å². The van der Waals surface area contributed by atoms with Crippen molar-refractivity contribution in [1.29, 1.82) is 0 Å². The largest absolute Gasteiger partial charge is 0.481 e. The zero-order chi connectivity index (χ0) is 33.1. The molecular formula is C37H52FN7O2. The Morgan fingerprint density at radius 3 is 2.62 bits per heavy atom. The van der Waals surface area contributed by atoms with Crippen molar-refractivity contribution in [3.63, 3.8) is 0 Å². The Balaban J connectivity index is 1.34. The molecule has 1 aliphatic heterocycles. The number of carboxylic acid groups (broad SMARTS) is 1. The van der Waals surface area contributed by atoms with Crippen LogP contribution in [0.5, 0.6) is 0 Å². The number of piperidine rings is 1. The first kappa shape index (κ1) is 33.4. The molecule has 1 saturated heterocycles. The van der Waals surface area contributed by atoms with Crippen molar-refractivity contribution in [3.8, 4) is 0 Å². The molecule has 2 aromatic heterocycles. The van der Waals surface area contributed by atoms with Gasteiger partial charge in [0.15, 0.2) is 0 Å². The molecule has 2 aliphatic carbocycles. The molecule has 3 aliphatic rings. The lowest BCUT2D eigenvalue weighted by Gasteiger charge is -2.38. The van der Waals surface area contributed by atoms with Gasteiger partial charge in [-0.2, -0.15) is 10.1 Å². The van der Waals surface area contributed by atoms with Gasteiger partial charge in [-0.05, 0) is 100 Å². The lowest BCUT2D eigenvalue weighted by molar-refractivity contribution is -0.143. The van der Waals surface area contributed by atoms with Gasteiger partial charge >= 0.3 is 5.97 Å². The van der Waals surface area contributed by atoms with Crippen LogP contribution in [-0.2, 0) is 24.7 Å². The number of aromatic nitrogens is 4. The molecule has 0 amide bonds. The predicted octanol–water partition coefficient (Wildman–Crippen LogP) is 6.61. The lowest BCUT2D eigenvalue weighted by atomic mass is 9.77. The van der Waals surface area contributed by atoms with Crippen LogP contribution < -0.4 is 10.2 Å². The van der Waals surface area contributed by atoms with Gasteiger partial charge in [0, 0.05) is 50.6 Å². The Morgan fingerprint density at radius 1 is 1.15 bits per heavy atom. The number of fused-ring (bicyclic) bond motifs is 1. The van der Waals surface area contributed by atoms with Crippen LogP contribution in [0.2, 0.25) is 0 Å². The van der Waals surface area contributed by atoms with E-state index in [1.807, 2.05) is 30.1 Å². The Labute approximate surface area is 279 Å². The Bertz CT molecular complexity index is 1520. The molecule has 9 nitrogen and oxygen atoms in total. The maximum atomic E-state index is 15.0. The number of nitrogens with zero attached hydrogens (tertiary/aromatic N) is 6. The van der Waals surface area contributed by atoms with Gasteiger partial charge in [-0.25, -0.2) is 9.37 Å². The average Bonchev–Trinajstić information content (AvgIpc) is 3.51. The van der Waals surface area contributed by atoms with Crippen molar-refractivity contribution >= 4 is 17.7 Å². The first-order valence-corrected chi connectivity index (χ1v) is 17.8. The number of halogens is 1. The number of aryl methyl sites for hydroxylation is 2. The highest BCUT2D eigenvalue weighted by Gasteiger charge is 2.34. The molecule has 0 unspecified atom stereocenters. The van der Waals surface area contributed by atoms with Crippen LogP contribution in [-0.4, -0.2) is 68.4 Å². The van der Waals surface area contributed by atoms with E-state index in [1.54, 1.807) is 12.1 Å². The van der Waals surface area contributed by atoms with Crippen molar-refractivity contribution in [2.75, 3.05) is 36.9 Å². The van der Waals surface area contributed by atoms with Gasteiger partial charge in [0.2, 0.25) is 5.95 Å². The molecule has 3 aromatic rings. The van der Waals surface area contributed by atoms with E-state index in [0.29, 0.717) is 24.2 Å². The normalized spacial score (nSPS) is 24.7. The number of likely N-dealkylation sites (tertiary alicyclic amines) is 1. The topological polar surface area (TPSA) is 99.4 Å². The third kappa shape index (κ3) is 7.63. The van der Waals surface area contributed by atoms with Crippen molar-refractivity contribution < 1.29 is 14.3 Å². The van der Waals surface area contributed by atoms with E-state index in [-0.39, 0.29) is 29.7 Å². The molecule has 0 radical (unpaired) electrons. The quantitative estimate of drug-likeness (QED) is 0.240. The zero-order valence-electron chi connectivity index (χ0n) is 28.5. The first-order chi connectivity index (χ1) is 22.7. The molecule has 1 saturated carbocycles. The van der Waals surface area contributed by atoms with Crippen LogP contribution >= 0.6 is 0 Å². The summed E-state index contributed by atoms with van der Waals surface area (Å²) in [6.07, 6.45) is 13.0. The van der Waals surface area contributed by atoms with Gasteiger partial charge < -0.3 is 20.2 Å². The molecule has 4 atom stereocenters. The van der Waals surface area contributed by atoms with Crippen molar-refractivity contribution in [2.24, 2.45) is 24.8 Å². The van der Waals surface area contributed by atoms with Crippen molar-refractivity contribution in [2.45, 2.75) is 96.1 Å². The number of hydrogen-bond acceptors (Lipinski definition) is 7. The fourth-order valence-corrected chi connectivity index (χ4v) is 8.50. The zero-order valence-corrected chi connectivity index (χ0v) is 28.5. The van der Waals surface area contributed by atoms with E-state index in [9.17, 15) is 9.90 Å². The van der Waals surface area contributed by atoms with Crippen molar-refractivity contribution in [1.82, 2.24) is 24.6 Å². The van der Waals surface area contributed by atoms with Gasteiger partial charge in [-0.15, -0.1) is 0 Å². The van der Waals surface area contributed by atoms with Crippen molar-refractivity contribution in [3.05, 3.63) is 64.9 Å². The number of nitrogens with one attached hydrogen (secondary N) is 1. The van der Waals surface area contributed by atoms with Gasteiger partial charge in [0.1, 0.15) is 11.6 Å². The highest BCUT2D eigenvalue weighted by Crippen LogP contribution is 2.39. The van der Waals surface area contributed by atoms with Gasteiger partial charge in [-0.1, -0.05) is 32.0 Å². The van der Waals surface area contributed by atoms with Crippen LogP contribution in [0.3, 0.4) is 0 Å². The second kappa shape index (κ2) is 14.7. The minimum atomic E-state index is -0.672. The molecule has 3 heterocycles. The number of carbonyl (C=O) groups is 1. The summed E-state index contributed by atoms with van der Waals surface area (Å²) >= 11 is 0. The molecule has 10 heteroatoms. The second-order valence-corrected chi connectivity index (χ2v) is 14.4. The second-order valence-electron chi connectivity index (χ2n) is 14.4. The van der Waals surface area contributed by atoms with E-state index < -0.39 is 5.97 Å². The van der Waals surface area contributed by atoms with Crippen LogP contribution in [0.4, 0.5) is 16.2 Å². The average molecular weight is 646 g/mol.